The van der Waals surface area contributed by atoms with Gasteiger partial charge in [0.05, 0.1) is 18.1 Å². The van der Waals surface area contributed by atoms with E-state index in [0.29, 0.717) is 47.2 Å². The van der Waals surface area contributed by atoms with Crippen molar-refractivity contribution < 1.29 is 29.2 Å². The summed E-state index contributed by atoms with van der Waals surface area (Å²) in [6.07, 6.45) is -0.295. The minimum absolute atomic E-state index is 0.0299. The van der Waals surface area contributed by atoms with Gasteiger partial charge in [-0.25, -0.2) is 4.98 Å². The molecule has 0 spiro atoms. The van der Waals surface area contributed by atoms with Crippen molar-refractivity contribution in [2.24, 2.45) is 5.41 Å². The molecule has 0 amide bonds. The second-order valence-corrected chi connectivity index (χ2v) is 10.2. The zero-order valence-corrected chi connectivity index (χ0v) is 20.7. The summed E-state index contributed by atoms with van der Waals surface area (Å²) in [5.74, 6) is 0.616. The van der Waals surface area contributed by atoms with E-state index in [2.05, 4.69) is 0 Å². The molecule has 2 heterocycles. The van der Waals surface area contributed by atoms with E-state index in [4.69, 9.17) is 19.2 Å². The number of ether oxygens (including phenoxy) is 3. The molecule has 35 heavy (non-hydrogen) atoms. The molecule has 3 atom stereocenters. The van der Waals surface area contributed by atoms with Gasteiger partial charge in [-0.2, -0.15) is 0 Å². The number of hydrogen-bond donors (Lipinski definition) is 2. The zero-order chi connectivity index (χ0) is 25.1. The Hall–Kier alpha value is -3.32. The number of fused-ring (bicyclic) bond motifs is 4. The fourth-order valence-electron chi connectivity index (χ4n) is 5.53. The van der Waals surface area contributed by atoms with Crippen LogP contribution >= 0.6 is 0 Å². The summed E-state index contributed by atoms with van der Waals surface area (Å²) in [4.78, 5) is 17.2. The maximum Gasteiger partial charge on any atom is 0.306 e. The van der Waals surface area contributed by atoms with Crippen molar-refractivity contribution in [3.05, 3.63) is 47.2 Å². The number of allylic oxidation sites excluding steroid dienone is 1. The molecular formula is C28H31NO6. The number of methoxy groups -OCH3 is 1. The number of aliphatic hydroxyl groups is 1. The minimum atomic E-state index is -1.03. The molecule has 2 aliphatic rings. The van der Waals surface area contributed by atoms with Crippen molar-refractivity contribution in [3.63, 3.8) is 0 Å². The molecular weight excluding hydrogens is 446 g/mol. The molecule has 7 heteroatoms. The van der Waals surface area contributed by atoms with Gasteiger partial charge in [0.2, 0.25) is 5.75 Å². The topological polar surface area (TPSA) is 98.1 Å². The van der Waals surface area contributed by atoms with Crippen LogP contribution < -0.4 is 9.47 Å². The van der Waals surface area contributed by atoms with Crippen LogP contribution in [-0.2, 0) is 9.53 Å². The predicted molar refractivity (Wildman–Crippen MR) is 133 cm³/mol. The summed E-state index contributed by atoms with van der Waals surface area (Å²) in [6, 6.07) is 9.59. The van der Waals surface area contributed by atoms with Gasteiger partial charge in [-0.05, 0) is 18.6 Å². The zero-order valence-electron chi connectivity index (χ0n) is 20.7. The first-order valence-corrected chi connectivity index (χ1v) is 12.1. The van der Waals surface area contributed by atoms with E-state index in [9.17, 15) is 15.0 Å². The number of nitrogens with zero attached hydrogens (tertiary/aromatic N) is 1. The van der Waals surface area contributed by atoms with Gasteiger partial charge in [-0.15, -0.1) is 0 Å². The quantitative estimate of drug-likeness (QED) is 0.386. The van der Waals surface area contributed by atoms with Crippen LogP contribution in [0.3, 0.4) is 0 Å². The Labute approximate surface area is 204 Å². The van der Waals surface area contributed by atoms with Gasteiger partial charge in [-0.1, -0.05) is 45.9 Å². The van der Waals surface area contributed by atoms with Crippen LogP contribution in [0.5, 0.6) is 17.2 Å². The number of carbonyl (C=O) groups is 1. The Morgan fingerprint density at radius 2 is 2.03 bits per heavy atom. The maximum absolute atomic E-state index is 12.4. The smallest absolute Gasteiger partial charge is 0.306 e. The SMILES string of the molecule is CCCC(=O)O[C@H]1[C@@H](O)C2=C(CC1(C)C)Oc1c(OC)c(O)c3cc4ccccc4nc3c1C2C. The number of benzene rings is 2. The van der Waals surface area contributed by atoms with Crippen LogP contribution in [0.4, 0.5) is 0 Å². The number of aromatic nitrogens is 1. The van der Waals surface area contributed by atoms with Crippen LogP contribution in [0.25, 0.3) is 21.8 Å². The Kier molecular flexibility index (Phi) is 5.63. The van der Waals surface area contributed by atoms with Crippen LogP contribution in [0.1, 0.15) is 58.4 Å². The highest BCUT2D eigenvalue weighted by molar-refractivity contribution is 6.01. The monoisotopic (exact) mass is 477 g/mol. The van der Waals surface area contributed by atoms with E-state index in [-0.39, 0.29) is 23.4 Å². The number of hydrogen-bond acceptors (Lipinski definition) is 7. The summed E-state index contributed by atoms with van der Waals surface area (Å²) < 4.78 is 17.8. The molecule has 1 aromatic heterocycles. The molecule has 2 aromatic carbocycles. The Balaban J connectivity index is 1.70. The van der Waals surface area contributed by atoms with Gasteiger partial charge in [-0.3, -0.25) is 4.79 Å². The molecule has 1 aliphatic heterocycles. The Morgan fingerprint density at radius 3 is 2.74 bits per heavy atom. The second-order valence-electron chi connectivity index (χ2n) is 10.2. The van der Waals surface area contributed by atoms with Crippen molar-refractivity contribution in [3.8, 4) is 17.2 Å². The lowest BCUT2D eigenvalue weighted by atomic mass is 9.68. The van der Waals surface area contributed by atoms with E-state index < -0.39 is 17.6 Å². The number of rotatable bonds is 4. The highest BCUT2D eigenvalue weighted by Crippen LogP contribution is 2.56. The third-order valence-electron chi connectivity index (χ3n) is 7.26. The number of para-hydroxylation sites is 1. The van der Waals surface area contributed by atoms with Gasteiger partial charge in [0.1, 0.15) is 18.0 Å². The van der Waals surface area contributed by atoms with E-state index in [1.54, 1.807) is 0 Å². The Morgan fingerprint density at radius 1 is 1.29 bits per heavy atom. The standard InChI is InChI=1S/C28H31NO6/c1-6-9-19(30)35-27-24(32)20-14(2)21-22-16(12-15-10-7-8-11-17(15)29-22)23(31)26(33-5)25(21)34-18(20)13-28(27,3)4/h7-8,10-12,14,24,27,31-32H,6,9,13H2,1-5H3/t14?,24-,27-/m0/s1. The van der Waals surface area contributed by atoms with Crippen LogP contribution in [0.15, 0.2) is 41.7 Å². The number of aromatic hydroxyl groups is 1. The molecule has 0 saturated heterocycles. The summed E-state index contributed by atoms with van der Waals surface area (Å²) in [5.41, 5.74) is 2.23. The first kappa shape index (κ1) is 23.4. The molecule has 5 rings (SSSR count). The van der Waals surface area contributed by atoms with Gasteiger partial charge in [0.15, 0.2) is 11.5 Å². The summed E-state index contributed by atoms with van der Waals surface area (Å²) in [7, 11) is 1.50. The normalized spacial score (nSPS) is 23.0. The average Bonchev–Trinajstić information content (AvgIpc) is 2.80. The Bertz CT molecular complexity index is 1380. The number of pyridine rings is 1. The third kappa shape index (κ3) is 3.60. The van der Waals surface area contributed by atoms with Crippen LogP contribution in [0, 0.1) is 5.41 Å². The molecule has 3 aromatic rings. The van der Waals surface area contributed by atoms with Crippen molar-refractivity contribution in [1.82, 2.24) is 4.98 Å². The molecule has 0 bridgehead atoms. The van der Waals surface area contributed by atoms with Crippen molar-refractivity contribution in [2.75, 3.05) is 7.11 Å². The van der Waals surface area contributed by atoms with E-state index in [1.165, 1.54) is 7.11 Å². The summed E-state index contributed by atoms with van der Waals surface area (Å²) >= 11 is 0. The predicted octanol–water partition coefficient (Wildman–Crippen LogP) is 5.35. The van der Waals surface area contributed by atoms with Crippen LogP contribution in [0.2, 0.25) is 0 Å². The molecule has 1 unspecified atom stereocenters. The largest absolute Gasteiger partial charge is 0.504 e. The van der Waals surface area contributed by atoms with Gasteiger partial charge < -0.3 is 24.4 Å². The van der Waals surface area contributed by atoms with Gasteiger partial charge >= 0.3 is 5.97 Å². The van der Waals surface area contributed by atoms with E-state index in [1.807, 2.05) is 58.0 Å². The first-order valence-electron chi connectivity index (χ1n) is 12.1. The second kappa shape index (κ2) is 8.41. The molecule has 0 saturated carbocycles. The minimum Gasteiger partial charge on any atom is -0.504 e. The molecule has 0 fully saturated rings. The van der Waals surface area contributed by atoms with Crippen LogP contribution in [-0.4, -0.2) is 40.5 Å². The summed E-state index contributed by atoms with van der Waals surface area (Å²) in [6.45, 7) is 7.81. The van der Waals surface area contributed by atoms with Crippen molar-refractivity contribution >= 4 is 27.8 Å². The number of phenols is 1. The fourth-order valence-corrected chi connectivity index (χ4v) is 5.53. The van der Waals surface area contributed by atoms with E-state index in [0.717, 1.165) is 16.5 Å². The number of phenolic OH excluding ortho intramolecular Hbond substituents is 1. The van der Waals surface area contributed by atoms with Crippen molar-refractivity contribution in [2.45, 2.75) is 65.1 Å². The average molecular weight is 478 g/mol. The lowest BCUT2D eigenvalue weighted by molar-refractivity contribution is -0.165. The highest BCUT2D eigenvalue weighted by atomic mass is 16.6. The summed E-state index contributed by atoms with van der Waals surface area (Å²) in [5, 5.41) is 24.1. The molecule has 7 nitrogen and oxygen atoms in total. The number of aliphatic hydroxyl groups excluding tert-OH is 1. The molecule has 184 valence electrons. The molecule has 2 N–H and O–H groups in total. The van der Waals surface area contributed by atoms with Gasteiger partial charge in [0, 0.05) is 46.1 Å². The van der Waals surface area contributed by atoms with E-state index >= 15 is 0 Å². The number of esters is 1. The lowest BCUT2D eigenvalue weighted by Crippen LogP contribution is -2.49. The van der Waals surface area contributed by atoms with Gasteiger partial charge in [0.25, 0.3) is 0 Å². The molecule has 1 aliphatic carbocycles. The van der Waals surface area contributed by atoms with Crippen molar-refractivity contribution in [1.29, 1.82) is 0 Å². The number of carbonyl (C=O) groups excluding carboxylic acids is 1. The first-order chi connectivity index (χ1) is 16.7. The lowest BCUT2D eigenvalue weighted by Gasteiger charge is -2.46. The third-order valence-corrected chi connectivity index (χ3v) is 7.26. The fraction of sp³-hybridized carbons (Fsp3) is 0.429. The highest BCUT2D eigenvalue weighted by Gasteiger charge is 2.50. The maximum atomic E-state index is 12.4. The molecule has 0 radical (unpaired) electrons.